The van der Waals surface area contributed by atoms with Crippen LogP contribution in [0.25, 0.3) is 0 Å². The normalized spacial score (nSPS) is 50.8. The number of ether oxygens (including phenoxy) is 15. The van der Waals surface area contributed by atoms with Crippen LogP contribution in [-0.4, -0.2) is 433 Å². The highest BCUT2D eigenvalue weighted by atomic mass is 16.8. The van der Waals surface area contributed by atoms with Gasteiger partial charge < -0.3 is 204 Å². The first-order chi connectivity index (χ1) is 44.9. The van der Waals surface area contributed by atoms with Crippen molar-refractivity contribution in [2.24, 2.45) is 0 Å². The van der Waals surface area contributed by atoms with Crippen LogP contribution in [0, 0.1) is 0 Å². The molecular formula is C52H88N2O41. The average molecular weight is 1400 g/mol. The van der Waals surface area contributed by atoms with Crippen molar-refractivity contribution in [2.75, 3.05) is 52.9 Å². The number of nitrogens with one attached hydrogen (secondary N) is 2. The number of aliphatic hydroxyl groups is 24. The first kappa shape index (κ1) is 78.1. The number of hydrogen-bond donors (Lipinski definition) is 26. The van der Waals surface area contributed by atoms with Crippen molar-refractivity contribution >= 4 is 11.8 Å². The summed E-state index contributed by atoms with van der Waals surface area (Å²) in [7, 11) is 0. The highest BCUT2D eigenvalue weighted by Crippen LogP contribution is 2.38. The quantitative estimate of drug-likeness (QED) is 0.0427. The second kappa shape index (κ2) is 33.9. The average Bonchev–Trinajstić information content (AvgIpc) is 0.785. The zero-order valence-corrected chi connectivity index (χ0v) is 50.4. The summed E-state index contributed by atoms with van der Waals surface area (Å²) in [5.74, 6) is -1.60. The molecule has 43 heteroatoms. The third-order valence-corrected chi connectivity index (χ3v) is 17.4. The monoisotopic (exact) mass is 1400 g/mol. The maximum atomic E-state index is 12.6. The van der Waals surface area contributed by atoms with Crippen molar-refractivity contribution in [3.63, 3.8) is 0 Å². The van der Waals surface area contributed by atoms with E-state index in [2.05, 4.69) is 10.6 Å². The Kier molecular flexibility index (Phi) is 27.9. The molecule has 8 fully saturated rings. The van der Waals surface area contributed by atoms with Gasteiger partial charge in [0.15, 0.2) is 50.3 Å². The molecule has 0 unspecified atom stereocenters. The van der Waals surface area contributed by atoms with Gasteiger partial charge in [0.1, 0.15) is 195 Å². The van der Waals surface area contributed by atoms with Crippen LogP contribution in [0.1, 0.15) is 13.8 Å². The van der Waals surface area contributed by atoms with Crippen molar-refractivity contribution in [1.29, 1.82) is 0 Å². The molecule has 0 saturated carbocycles. The summed E-state index contributed by atoms with van der Waals surface area (Å²) in [5.41, 5.74) is 0. The summed E-state index contributed by atoms with van der Waals surface area (Å²) in [4.78, 5) is 24.5. The Hall–Kier alpha value is -2.62. The zero-order valence-electron chi connectivity index (χ0n) is 50.4. The van der Waals surface area contributed by atoms with Crippen molar-refractivity contribution in [3.05, 3.63) is 0 Å². The molecule has 2 amide bonds. The molecular weight excluding hydrogens is 1310 g/mol. The van der Waals surface area contributed by atoms with Crippen LogP contribution in [0.3, 0.4) is 0 Å². The smallest absolute Gasteiger partial charge is 0.217 e. The minimum Gasteiger partial charge on any atom is -0.394 e. The molecule has 0 radical (unpaired) electrons. The molecule has 95 heavy (non-hydrogen) atoms. The van der Waals surface area contributed by atoms with Crippen molar-refractivity contribution in [3.8, 4) is 0 Å². The molecule has 552 valence electrons. The van der Waals surface area contributed by atoms with Crippen LogP contribution >= 0.6 is 0 Å². The Balaban J connectivity index is 1.05. The molecule has 0 aliphatic carbocycles. The number of aliphatic hydroxyl groups excluding tert-OH is 24. The van der Waals surface area contributed by atoms with E-state index in [1.54, 1.807) is 0 Å². The van der Waals surface area contributed by atoms with E-state index >= 15 is 0 Å². The van der Waals surface area contributed by atoms with E-state index in [-0.39, 0.29) is 0 Å². The van der Waals surface area contributed by atoms with Gasteiger partial charge in [-0.25, -0.2) is 0 Å². The third kappa shape index (κ3) is 17.0. The van der Waals surface area contributed by atoms with E-state index in [1.807, 2.05) is 0 Å². The van der Waals surface area contributed by atoms with E-state index in [0.717, 1.165) is 13.8 Å². The Labute approximate surface area is 536 Å². The number of carbonyl (C=O) groups excluding carboxylic acids is 2. The maximum Gasteiger partial charge on any atom is 0.217 e. The lowest BCUT2D eigenvalue weighted by molar-refractivity contribution is -0.395. The van der Waals surface area contributed by atoms with E-state index in [4.69, 9.17) is 71.1 Å². The summed E-state index contributed by atoms with van der Waals surface area (Å²) in [6.07, 6.45) is -76.9. The molecule has 40 atom stereocenters. The second-order valence-electron chi connectivity index (χ2n) is 23.9. The lowest BCUT2D eigenvalue weighted by Gasteiger charge is -2.49. The minimum absolute atomic E-state index is 0.738. The first-order valence-corrected chi connectivity index (χ1v) is 30.1. The first-order valence-electron chi connectivity index (χ1n) is 30.1. The molecule has 8 aliphatic heterocycles. The number of hydrogen-bond acceptors (Lipinski definition) is 41. The predicted molar refractivity (Wildman–Crippen MR) is 288 cm³/mol. The summed E-state index contributed by atoms with van der Waals surface area (Å²) < 4.78 is 86.4. The van der Waals surface area contributed by atoms with Crippen LogP contribution in [0.5, 0.6) is 0 Å². The summed E-state index contributed by atoms with van der Waals surface area (Å²) in [6.45, 7) is -6.14. The molecule has 0 aromatic heterocycles. The molecule has 0 aromatic rings. The molecule has 8 rings (SSSR count). The predicted octanol–water partition coefficient (Wildman–Crippen LogP) is -18.2. The molecule has 8 saturated heterocycles. The van der Waals surface area contributed by atoms with Crippen LogP contribution in [0.4, 0.5) is 0 Å². The highest BCUT2D eigenvalue weighted by Gasteiger charge is 2.59. The molecule has 8 heterocycles. The van der Waals surface area contributed by atoms with E-state index in [1.165, 1.54) is 0 Å². The van der Waals surface area contributed by atoms with Gasteiger partial charge in [0, 0.05) is 13.8 Å². The summed E-state index contributed by atoms with van der Waals surface area (Å²) >= 11 is 0. The molecule has 0 spiro atoms. The Bertz CT molecular complexity index is 2380. The van der Waals surface area contributed by atoms with Crippen molar-refractivity contribution in [2.45, 2.75) is 259 Å². The largest absolute Gasteiger partial charge is 0.394 e. The molecule has 0 bridgehead atoms. The Morgan fingerprint density at radius 3 is 1.03 bits per heavy atom. The van der Waals surface area contributed by atoms with E-state index in [9.17, 15) is 132 Å². The fraction of sp³-hybridized carbons (Fsp3) is 0.962. The lowest BCUT2D eigenvalue weighted by Crippen LogP contribution is -2.70. The second-order valence-corrected chi connectivity index (χ2v) is 23.9. The third-order valence-electron chi connectivity index (χ3n) is 17.4. The van der Waals surface area contributed by atoms with Crippen molar-refractivity contribution in [1.82, 2.24) is 10.6 Å². The van der Waals surface area contributed by atoms with Gasteiger partial charge in [0.2, 0.25) is 11.8 Å². The van der Waals surface area contributed by atoms with Crippen LogP contribution in [-0.2, 0) is 80.6 Å². The van der Waals surface area contributed by atoms with E-state index < -0.39 is 310 Å². The van der Waals surface area contributed by atoms with Gasteiger partial charge in [0.05, 0.1) is 52.9 Å². The maximum absolute atomic E-state index is 12.6. The number of amides is 2. The number of rotatable bonds is 24. The van der Waals surface area contributed by atoms with Gasteiger partial charge >= 0.3 is 0 Å². The summed E-state index contributed by atoms with van der Waals surface area (Å²) in [6, 6.07) is -3.34. The molecule has 43 nitrogen and oxygen atoms in total. The fourth-order valence-corrected chi connectivity index (χ4v) is 12.0. The van der Waals surface area contributed by atoms with Crippen LogP contribution in [0.2, 0.25) is 0 Å². The standard InChI is InChI=1S/C52H88N2O41/c1-11(61)53-21-29(69)40(17(7-59)83-45(21)80)91-46-22(54-12(2)62)30(70)41(18(8-60)88-46)92-50-38(78)33(73)27(67)19(90-50)9-81-47-39(79)42(93-52-44(35(75)26(66)16(6-58)87-52)95-49-37(77)32(72)24(64)14(4-56)85-49)28(68)20(89-47)10-82-51-43(34(74)25(65)15(5-57)86-51)94-48-36(76)31(71)23(63)13(3-55)84-48/h13-52,55-60,63-80H,3-10H2,1-2H3,(H,53,61)(H,54,62)/t13-,14-,15-,16-,17-,18-,19-,20-,21-,22-,23-,24-,25-,26-,27-,28-,29-,30-,31+,32+,33+,34+,35+,36+,37+,38+,39+,40-,41-,42+,43+,44+,45+,46+,47+,48-,49-,50+,51+,52+/m1/s1. The molecule has 0 aromatic carbocycles. The van der Waals surface area contributed by atoms with Gasteiger partial charge in [-0.2, -0.15) is 0 Å². The van der Waals surface area contributed by atoms with Gasteiger partial charge in [-0.15, -0.1) is 0 Å². The van der Waals surface area contributed by atoms with Gasteiger partial charge in [-0.1, -0.05) is 0 Å². The number of carbonyl (C=O) groups is 2. The Morgan fingerprint density at radius 1 is 0.274 bits per heavy atom. The van der Waals surface area contributed by atoms with E-state index in [0.29, 0.717) is 0 Å². The van der Waals surface area contributed by atoms with Gasteiger partial charge in [-0.05, 0) is 0 Å². The minimum atomic E-state index is -2.39. The van der Waals surface area contributed by atoms with Crippen LogP contribution in [0.15, 0.2) is 0 Å². The fourth-order valence-electron chi connectivity index (χ4n) is 12.0. The molecule has 26 N–H and O–H groups in total. The van der Waals surface area contributed by atoms with Crippen molar-refractivity contribution < 1.29 is 203 Å². The lowest BCUT2D eigenvalue weighted by atomic mass is 9.94. The van der Waals surface area contributed by atoms with Gasteiger partial charge in [0.25, 0.3) is 0 Å². The summed E-state index contributed by atoms with van der Waals surface area (Å²) in [5, 5.41) is 265. The Morgan fingerprint density at radius 2 is 0.579 bits per heavy atom. The highest BCUT2D eigenvalue weighted by molar-refractivity contribution is 5.73. The molecule has 8 aliphatic rings. The topological polar surface area (TPSA) is 682 Å². The SMILES string of the molecule is CC(=O)N[C@@H]1[C@@H](O)[C@H](O[C@@H]2O[C@H](CO)[C@@H](O[C@@H]3O[C@H](CO[C@H]4O[C@H](CO[C@H]5O[C@H](CO)[C@@H](O)[C@H](O)[C@@H]5O[C@H]5O[C@H](CO)[C@@H](O)[C@H](O)[C@@H]5O)[C@@H](O)[C@H](O[C@@H]5O[C@H](CO)[C@@H](O)[C@H](O)[C@@H]5O[C@H]5O[C@H](CO)[C@@H](O)[C@H](O)[C@@H]5O)[C@@H]4O)[C@@H](O)[C@H](O)[C@@H]3O)[C@H](O)[C@H]2NC(C)=O)[C@@H](CO)O[C@@H]1O. The zero-order chi connectivity index (χ0) is 69.9. The van der Waals surface area contributed by atoms with Crippen LogP contribution < -0.4 is 10.6 Å². The van der Waals surface area contributed by atoms with Gasteiger partial charge in [-0.3, -0.25) is 9.59 Å².